The first kappa shape index (κ1) is 13.4. The van der Waals surface area contributed by atoms with Crippen molar-refractivity contribution in [1.29, 1.82) is 0 Å². The summed E-state index contributed by atoms with van der Waals surface area (Å²) in [6, 6.07) is 8.18. The summed E-state index contributed by atoms with van der Waals surface area (Å²) in [6.45, 7) is 7.73. The Morgan fingerprint density at radius 1 is 1.19 bits per heavy atom. The highest BCUT2D eigenvalue weighted by Gasteiger charge is 2.03. The third kappa shape index (κ3) is 4.90. The Hall–Kier alpha value is -0.670. The van der Waals surface area contributed by atoms with Crippen molar-refractivity contribution in [3.8, 4) is 0 Å². The van der Waals surface area contributed by atoms with E-state index >= 15 is 0 Å². The van der Waals surface area contributed by atoms with Crippen LogP contribution in [0, 0.1) is 0 Å². The molecule has 0 radical (unpaired) electrons. The van der Waals surface area contributed by atoms with Crippen LogP contribution in [0.25, 0.3) is 0 Å². The van der Waals surface area contributed by atoms with E-state index in [1.54, 1.807) is 0 Å². The number of anilines is 1. The quantitative estimate of drug-likeness (QED) is 0.585. The molecule has 0 fully saturated rings. The van der Waals surface area contributed by atoms with Crippen LogP contribution in [0.3, 0.4) is 0 Å². The molecular weight excluding hydrogens is 216 g/mol. The van der Waals surface area contributed by atoms with E-state index in [1.807, 2.05) is 23.9 Å². The summed E-state index contributed by atoms with van der Waals surface area (Å²) in [5, 5.41) is 0. The minimum Gasteiger partial charge on any atom is -0.399 e. The lowest BCUT2D eigenvalue weighted by Crippen LogP contribution is -2.25. The number of hydrogen-bond acceptors (Lipinski definition) is 3. The number of rotatable bonds is 7. The molecular formula is C13H22N2S. The van der Waals surface area contributed by atoms with Gasteiger partial charge in [0.1, 0.15) is 0 Å². The summed E-state index contributed by atoms with van der Waals surface area (Å²) in [5.41, 5.74) is 7.86. The lowest BCUT2D eigenvalue weighted by Gasteiger charge is -2.20. The average molecular weight is 238 g/mol. The van der Waals surface area contributed by atoms with Gasteiger partial charge in [0.2, 0.25) is 0 Å². The molecule has 0 atom stereocenters. The van der Waals surface area contributed by atoms with E-state index in [-0.39, 0.29) is 0 Å². The Balaban J connectivity index is 2.40. The van der Waals surface area contributed by atoms with Crippen LogP contribution in [0.1, 0.15) is 19.4 Å². The van der Waals surface area contributed by atoms with Crippen molar-refractivity contribution in [3.63, 3.8) is 0 Å². The monoisotopic (exact) mass is 238 g/mol. The van der Waals surface area contributed by atoms with E-state index in [4.69, 9.17) is 5.73 Å². The second-order valence-electron chi connectivity index (χ2n) is 3.81. The molecule has 0 saturated heterocycles. The molecule has 1 rings (SSSR count). The van der Waals surface area contributed by atoms with Gasteiger partial charge < -0.3 is 5.73 Å². The first-order chi connectivity index (χ1) is 7.76. The highest BCUT2D eigenvalue weighted by Crippen LogP contribution is 2.09. The van der Waals surface area contributed by atoms with Gasteiger partial charge in [-0.3, -0.25) is 4.90 Å². The Morgan fingerprint density at radius 2 is 1.88 bits per heavy atom. The van der Waals surface area contributed by atoms with Crippen LogP contribution in [0.5, 0.6) is 0 Å². The van der Waals surface area contributed by atoms with Crippen molar-refractivity contribution in [3.05, 3.63) is 29.8 Å². The number of benzene rings is 1. The van der Waals surface area contributed by atoms with Gasteiger partial charge in [0.25, 0.3) is 0 Å². The van der Waals surface area contributed by atoms with Gasteiger partial charge in [-0.2, -0.15) is 11.8 Å². The molecule has 2 N–H and O–H groups in total. The number of nitrogens with two attached hydrogens (primary N) is 1. The van der Waals surface area contributed by atoms with Crippen molar-refractivity contribution >= 4 is 17.4 Å². The van der Waals surface area contributed by atoms with Gasteiger partial charge in [0, 0.05) is 24.5 Å². The maximum absolute atomic E-state index is 5.67. The molecule has 0 heterocycles. The predicted octanol–water partition coefficient (Wildman–Crippen LogP) is 2.84. The molecule has 90 valence electrons. The molecule has 0 saturated carbocycles. The predicted molar refractivity (Wildman–Crippen MR) is 74.8 cm³/mol. The summed E-state index contributed by atoms with van der Waals surface area (Å²) < 4.78 is 0. The SMILES string of the molecule is CCSCCN(CC)Cc1ccc(N)cc1. The molecule has 0 amide bonds. The van der Waals surface area contributed by atoms with Crippen LogP contribution < -0.4 is 5.73 Å². The fraction of sp³-hybridized carbons (Fsp3) is 0.538. The second-order valence-corrected chi connectivity index (χ2v) is 5.20. The van der Waals surface area contributed by atoms with Crippen LogP contribution in [0.15, 0.2) is 24.3 Å². The maximum atomic E-state index is 5.67. The van der Waals surface area contributed by atoms with Gasteiger partial charge in [-0.15, -0.1) is 0 Å². The smallest absolute Gasteiger partial charge is 0.0314 e. The van der Waals surface area contributed by atoms with Gasteiger partial charge in [0.05, 0.1) is 0 Å². The summed E-state index contributed by atoms with van der Waals surface area (Å²) in [6.07, 6.45) is 0. The second kappa shape index (κ2) is 7.58. The largest absolute Gasteiger partial charge is 0.399 e. The third-order valence-electron chi connectivity index (χ3n) is 2.59. The standard InChI is InChI=1S/C13H22N2S/c1-3-15(9-10-16-4-2)11-12-5-7-13(14)8-6-12/h5-8H,3-4,9-11,14H2,1-2H3. The molecule has 16 heavy (non-hydrogen) atoms. The van der Waals surface area contributed by atoms with Crippen molar-refractivity contribution in [2.24, 2.45) is 0 Å². The molecule has 0 aliphatic heterocycles. The highest BCUT2D eigenvalue weighted by atomic mass is 32.2. The molecule has 2 nitrogen and oxygen atoms in total. The zero-order valence-electron chi connectivity index (χ0n) is 10.3. The third-order valence-corrected chi connectivity index (χ3v) is 3.47. The van der Waals surface area contributed by atoms with Crippen LogP contribution in [0.4, 0.5) is 5.69 Å². The van der Waals surface area contributed by atoms with Gasteiger partial charge in [-0.1, -0.05) is 26.0 Å². The molecule has 0 aliphatic rings. The lowest BCUT2D eigenvalue weighted by molar-refractivity contribution is 0.298. The minimum atomic E-state index is 0.841. The number of thioether (sulfide) groups is 1. The zero-order chi connectivity index (χ0) is 11.8. The molecule has 1 aromatic rings. The van der Waals surface area contributed by atoms with E-state index in [1.165, 1.54) is 23.6 Å². The number of hydrogen-bond donors (Lipinski definition) is 1. The summed E-state index contributed by atoms with van der Waals surface area (Å²) >= 11 is 2.00. The Bertz CT molecular complexity index is 284. The Kier molecular flexibility index (Phi) is 6.34. The molecule has 0 bridgehead atoms. The summed E-state index contributed by atoms with van der Waals surface area (Å²) in [5.74, 6) is 2.43. The summed E-state index contributed by atoms with van der Waals surface area (Å²) in [7, 11) is 0. The van der Waals surface area contributed by atoms with Crippen molar-refractivity contribution in [2.45, 2.75) is 20.4 Å². The minimum absolute atomic E-state index is 0.841. The van der Waals surface area contributed by atoms with Crippen molar-refractivity contribution in [2.75, 3.05) is 30.3 Å². The molecule has 0 unspecified atom stereocenters. The van der Waals surface area contributed by atoms with Crippen LogP contribution >= 0.6 is 11.8 Å². The van der Waals surface area contributed by atoms with Crippen LogP contribution in [-0.2, 0) is 6.54 Å². The van der Waals surface area contributed by atoms with Crippen molar-refractivity contribution < 1.29 is 0 Å². The fourth-order valence-electron chi connectivity index (χ4n) is 1.57. The van der Waals surface area contributed by atoms with E-state index in [0.717, 1.165) is 18.8 Å². The maximum Gasteiger partial charge on any atom is 0.0314 e. The Morgan fingerprint density at radius 3 is 2.44 bits per heavy atom. The average Bonchev–Trinajstić information content (AvgIpc) is 2.31. The normalized spacial score (nSPS) is 10.9. The topological polar surface area (TPSA) is 29.3 Å². The number of nitrogen functional groups attached to an aromatic ring is 1. The fourth-order valence-corrected chi connectivity index (χ4v) is 2.24. The van der Waals surface area contributed by atoms with Crippen molar-refractivity contribution in [1.82, 2.24) is 4.90 Å². The van der Waals surface area contributed by atoms with Crippen LogP contribution in [0.2, 0.25) is 0 Å². The first-order valence-electron chi connectivity index (χ1n) is 5.90. The molecule has 0 aromatic heterocycles. The van der Waals surface area contributed by atoms with Gasteiger partial charge in [-0.25, -0.2) is 0 Å². The Labute approximate surface area is 103 Å². The molecule has 1 aromatic carbocycles. The zero-order valence-corrected chi connectivity index (χ0v) is 11.1. The van der Waals surface area contributed by atoms with E-state index < -0.39 is 0 Å². The molecule has 0 aliphatic carbocycles. The number of nitrogens with zero attached hydrogens (tertiary/aromatic N) is 1. The van der Waals surface area contributed by atoms with E-state index in [9.17, 15) is 0 Å². The van der Waals surface area contributed by atoms with Gasteiger partial charge in [0.15, 0.2) is 0 Å². The lowest BCUT2D eigenvalue weighted by atomic mass is 10.2. The highest BCUT2D eigenvalue weighted by molar-refractivity contribution is 7.99. The van der Waals surface area contributed by atoms with Crippen LogP contribution in [-0.4, -0.2) is 29.5 Å². The van der Waals surface area contributed by atoms with Gasteiger partial charge >= 0.3 is 0 Å². The molecule has 0 spiro atoms. The molecule has 3 heteroatoms. The van der Waals surface area contributed by atoms with E-state index in [2.05, 4.69) is 30.9 Å². The van der Waals surface area contributed by atoms with E-state index in [0.29, 0.717) is 0 Å². The van der Waals surface area contributed by atoms with Gasteiger partial charge in [-0.05, 0) is 30.0 Å². The summed E-state index contributed by atoms with van der Waals surface area (Å²) in [4.78, 5) is 2.47. The first-order valence-corrected chi connectivity index (χ1v) is 7.06.